The van der Waals surface area contributed by atoms with Crippen molar-refractivity contribution in [3.63, 3.8) is 0 Å². The number of hydrogen-bond donors (Lipinski definition) is 0. The van der Waals surface area contributed by atoms with Crippen LogP contribution in [0.4, 0.5) is 0 Å². The average Bonchev–Trinajstić information content (AvgIpc) is 2.62. The molecule has 1 aliphatic heterocycles. The van der Waals surface area contributed by atoms with Gasteiger partial charge < -0.3 is 4.74 Å². The van der Waals surface area contributed by atoms with Crippen molar-refractivity contribution < 1.29 is 4.74 Å². The van der Waals surface area contributed by atoms with Gasteiger partial charge in [0.15, 0.2) is 6.40 Å². The van der Waals surface area contributed by atoms with E-state index in [1.54, 1.807) is 6.20 Å². The molecular weight excluding hydrogens is 220 g/mol. The largest absolute Gasteiger partial charge is 0.482 e. The normalized spacial score (nSPS) is 13.1. The third-order valence-corrected chi connectivity index (χ3v) is 1.59. The average molecular weight is 229 g/mol. The molecule has 0 aromatic carbocycles. The second-order valence-corrected chi connectivity index (χ2v) is 2.85. The van der Waals surface area contributed by atoms with E-state index in [0.29, 0.717) is 0 Å². The summed E-state index contributed by atoms with van der Waals surface area (Å²) in [5.74, 6) is 0. The van der Waals surface area contributed by atoms with Crippen LogP contribution in [0.25, 0.3) is 0 Å². The fraction of sp³-hybridized carbons (Fsp3) is 0.250. The molecule has 0 bridgehead atoms. The van der Waals surface area contributed by atoms with Crippen molar-refractivity contribution in [2.75, 3.05) is 13.2 Å². The van der Waals surface area contributed by atoms with Crippen LogP contribution in [0, 0.1) is 0 Å². The summed E-state index contributed by atoms with van der Waals surface area (Å²) in [6.07, 6.45) is 3.23. The summed E-state index contributed by atoms with van der Waals surface area (Å²) in [6.45, 7) is 1.62. The fourth-order valence-corrected chi connectivity index (χ4v) is 0.876. The van der Waals surface area contributed by atoms with E-state index < -0.39 is 0 Å². The van der Waals surface area contributed by atoms with Crippen molar-refractivity contribution in [3.8, 4) is 0 Å². The summed E-state index contributed by atoms with van der Waals surface area (Å²) in [6, 6.07) is 5.70. The number of hydrogen-bond acceptors (Lipinski definition) is 3. The van der Waals surface area contributed by atoms with Gasteiger partial charge in [0.25, 0.3) is 0 Å². The Hall–Kier alpha value is -0.900. The number of aromatic nitrogens is 1. The summed E-state index contributed by atoms with van der Waals surface area (Å²) in [7, 11) is 0. The van der Waals surface area contributed by atoms with Crippen molar-refractivity contribution in [3.05, 3.63) is 29.0 Å². The van der Waals surface area contributed by atoms with Crippen LogP contribution >= 0.6 is 15.9 Å². The Morgan fingerprint density at radius 3 is 2.58 bits per heavy atom. The summed E-state index contributed by atoms with van der Waals surface area (Å²) in [5, 5.41) is 0. The Bertz CT molecular complexity index is 232. The lowest BCUT2D eigenvalue weighted by atomic mass is 10.5. The molecule has 0 aliphatic carbocycles. The fourth-order valence-electron chi connectivity index (χ4n) is 0.605. The highest BCUT2D eigenvalue weighted by atomic mass is 79.9. The zero-order chi connectivity index (χ0) is 8.65. The maximum atomic E-state index is 4.65. The number of ether oxygens (including phenoxy) is 1. The van der Waals surface area contributed by atoms with Crippen LogP contribution in [-0.2, 0) is 4.74 Å². The maximum absolute atomic E-state index is 4.65. The summed E-state index contributed by atoms with van der Waals surface area (Å²) in [5.41, 5.74) is 0. The van der Waals surface area contributed by atoms with Gasteiger partial charge >= 0.3 is 0 Å². The summed E-state index contributed by atoms with van der Waals surface area (Å²) in [4.78, 5) is 7.63. The number of aliphatic imine (C=N–C) groups is 1. The van der Waals surface area contributed by atoms with Crippen molar-refractivity contribution in [2.45, 2.75) is 0 Å². The smallest absolute Gasteiger partial charge is 0.169 e. The highest BCUT2D eigenvalue weighted by molar-refractivity contribution is 9.10. The minimum atomic E-state index is 0.778. The molecule has 0 saturated carbocycles. The molecule has 3 nitrogen and oxygen atoms in total. The second-order valence-electron chi connectivity index (χ2n) is 2.03. The number of halogens is 1. The molecule has 1 aliphatic rings. The van der Waals surface area contributed by atoms with Crippen molar-refractivity contribution in [1.82, 2.24) is 4.98 Å². The van der Waals surface area contributed by atoms with Gasteiger partial charge in [-0.15, -0.1) is 0 Å². The Kier molecular flexibility index (Phi) is 4.37. The minimum Gasteiger partial charge on any atom is -0.482 e. The van der Waals surface area contributed by atoms with E-state index in [0.717, 1.165) is 17.8 Å². The van der Waals surface area contributed by atoms with Crippen LogP contribution < -0.4 is 0 Å². The van der Waals surface area contributed by atoms with Crippen LogP contribution in [0.5, 0.6) is 0 Å². The van der Waals surface area contributed by atoms with E-state index in [4.69, 9.17) is 0 Å². The van der Waals surface area contributed by atoms with Gasteiger partial charge in [-0.05, 0) is 28.1 Å². The molecule has 2 rings (SSSR count). The molecule has 64 valence electrons. The van der Waals surface area contributed by atoms with E-state index in [-0.39, 0.29) is 0 Å². The highest BCUT2D eigenvalue weighted by Crippen LogP contribution is 2.00. The molecule has 2 heterocycles. The molecule has 4 heteroatoms. The van der Waals surface area contributed by atoms with Gasteiger partial charge in [-0.3, -0.25) is 4.99 Å². The van der Waals surface area contributed by atoms with E-state index in [1.165, 1.54) is 6.40 Å². The molecule has 0 saturated heterocycles. The maximum Gasteiger partial charge on any atom is 0.169 e. The zero-order valence-electron chi connectivity index (χ0n) is 6.48. The Morgan fingerprint density at radius 2 is 2.33 bits per heavy atom. The zero-order valence-corrected chi connectivity index (χ0v) is 8.07. The Balaban J connectivity index is 0.000000127. The molecule has 0 amide bonds. The Morgan fingerprint density at radius 1 is 1.42 bits per heavy atom. The first-order valence-corrected chi connectivity index (χ1v) is 4.35. The number of pyridine rings is 1. The SMILES string of the molecule is Brc1ccccn1.C1=NCCO1. The lowest BCUT2D eigenvalue weighted by molar-refractivity contribution is 0.361. The van der Waals surface area contributed by atoms with Gasteiger partial charge in [-0.2, -0.15) is 0 Å². The summed E-state index contributed by atoms with van der Waals surface area (Å²) >= 11 is 3.20. The van der Waals surface area contributed by atoms with Crippen LogP contribution in [0.1, 0.15) is 0 Å². The predicted octanol–water partition coefficient (Wildman–Crippen LogP) is 1.89. The van der Waals surface area contributed by atoms with E-state index >= 15 is 0 Å². The monoisotopic (exact) mass is 228 g/mol. The van der Waals surface area contributed by atoms with E-state index in [9.17, 15) is 0 Å². The first-order valence-electron chi connectivity index (χ1n) is 3.56. The van der Waals surface area contributed by atoms with Gasteiger partial charge in [0.05, 0.1) is 6.54 Å². The van der Waals surface area contributed by atoms with Crippen LogP contribution in [0.15, 0.2) is 34.0 Å². The molecule has 1 aromatic rings. The van der Waals surface area contributed by atoms with Gasteiger partial charge in [-0.25, -0.2) is 4.98 Å². The third kappa shape index (κ3) is 4.08. The highest BCUT2D eigenvalue weighted by Gasteiger charge is 1.84. The molecule has 1 aromatic heterocycles. The molecule has 0 fully saturated rings. The quantitative estimate of drug-likeness (QED) is 0.636. The number of nitrogens with zero attached hydrogens (tertiary/aromatic N) is 2. The molecule has 0 spiro atoms. The van der Waals surface area contributed by atoms with Gasteiger partial charge in [0, 0.05) is 6.20 Å². The van der Waals surface area contributed by atoms with Gasteiger partial charge in [0.1, 0.15) is 11.2 Å². The van der Waals surface area contributed by atoms with Crippen molar-refractivity contribution >= 4 is 22.3 Å². The first kappa shape index (κ1) is 9.19. The minimum absolute atomic E-state index is 0.778. The predicted molar refractivity (Wildman–Crippen MR) is 51.2 cm³/mol. The lowest BCUT2D eigenvalue weighted by Gasteiger charge is -1.80. The molecule has 0 N–H and O–H groups in total. The number of rotatable bonds is 0. The Labute approximate surface area is 79.6 Å². The molecule has 0 radical (unpaired) electrons. The van der Waals surface area contributed by atoms with Crippen LogP contribution in [0.2, 0.25) is 0 Å². The topological polar surface area (TPSA) is 34.5 Å². The standard InChI is InChI=1S/C5H4BrN.C3H5NO/c6-5-3-1-2-4-7-5;1-2-5-3-4-1/h1-4H;3H,1-2H2. The first-order chi connectivity index (χ1) is 5.89. The van der Waals surface area contributed by atoms with Crippen molar-refractivity contribution in [1.29, 1.82) is 0 Å². The van der Waals surface area contributed by atoms with Crippen LogP contribution in [-0.4, -0.2) is 24.5 Å². The summed E-state index contributed by atoms with van der Waals surface area (Å²) < 4.78 is 5.54. The van der Waals surface area contributed by atoms with Gasteiger partial charge in [0.2, 0.25) is 0 Å². The molecule has 0 atom stereocenters. The molecule has 0 unspecified atom stereocenters. The molecular formula is C8H9BrN2O. The van der Waals surface area contributed by atoms with E-state index in [1.807, 2.05) is 18.2 Å². The third-order valence-electron chi connectivity index (χ3n) is 1.12. The van der Waals surface area contributed by atoms with Gasteiger partial charge in [-0.1, -0.05) is 6.07 Å². The van der Waals surface area contributed by atoms with Crippen LogP contribution in [0.3, 0.4) is 0 Å². The van der Waals surface area contributed by atoms with E-state index in [2.05, 4.69) is 30.6 Å². The molecule has 12 heavy (non-hydrogen) atoms. The second kappa shape index (κ2) is 5.71. The lowest BCUT2D eigenvalue weighted by Crippen LogP contribution is -1.80. The van der Waals surface area contributed by atoms with Crippen molar-refractivity contribution in [2.24, 2.45) is 4.99 Å².